The molecule has 29 heavy (non-hydrogen) atoms. The van der Waals surface area contributed by atoms with Gasteiger partial charge >= 0.3 is 0 Å². The maximum absolute atomic E-state index is 5.83. The van der Waals surface area contributed by atoms with Crippen molar-refractivity contribution in [2.75, 3.05) is 33.0 Å². The molecule has 0 radical (unpaired) electrons. The maximum Gasteiger partial charge on any atom is 0.157 e. The van der Waals surface area contributed by atoms with E-state index in [1.54, 1.807) is 0 Å². The molecule has 2 aromatic rings. The van der Waals surface area contributed by atoms with Gasteiger partial charge in [-0.2, -0.15) is 0 Å². The van der Waals surface area contributed by atoms with E-state index in [1.165, 1.54) is 17.5 Å². The van der Waals surface area contributed by atoms with E-state index < -0.39 is 0 Å². The summed E-state index contributed by atoms with van der Waals surface area (Å²) in [5, 5.41) is 0. The maximum atomic E-state index is 5.83. The standard InChI is InChI=1S/C25H35NO3/c1-3-11-23(12-4-1)21-26(22-24-13-5-2-6-14-24)16-9-17-27-18-10-20-29-25-15-7-8-19-28-25/h1-6,11-14,25H,7-10,15-22H2. The summed E-state index contributed by atoms with van der Waals surface area (Å²) in [5.74, 6) is 0. The van der Waals surface area contributed by atoms with Gasteiger partial charge in [0.25, 0.3) is 0 Å². The quantitative estimate of drug-likeness (QED) is 0.444. The third-order valence-corrected chi connectivity index (χ3v) is 5.14. The monoisotopic (exact) mass is 397 g/mol. The van der Waals surface area contributed by atoms with Gasteiger partial charge in [0.05, 0.1) is 6.61 Å². The van der Waals surface area contributed by atoms with E-state index >= 15 is 0 Å². The third-order valence-electron chi connectivity index (χ3n) is 5.14. The molecule has 2 aromatic carbocycles. The summed E-state index contributed by atoms with van der Waals surface area (Å²) in [4.78, 5) is 2.50. The fourth-order valence-electron chi connectivity index (χ4n) is 3.61. The van der Waals surface area contributed by atoms with Crippen LogP contribution in [0.3, 0.4) is 0 Å². The van der Waals surface area contributed by atoms with Gasteiger partial charge in [0.2, 0.25) is 0 Å². The van der Waals surface area contributed by atoms with E-state index in [2.05, 4.69) is 65.6 Å². The van der Waals surface area contributed by atoms with Crippen molar-refractivity contribution in [3.63, 3.8) is 0 Å². The summed E-state index contributed by atoms with van der Waals surface area (Å²) < 4.78 is 17.2. The smallest absolute Gasteiger partial charge is 0.157 e. The van der Waals surface area contributed by atoms with E-state index in [-0.39, 0.29) is 6.29 Å². The predicted molar refractivity (Wildman–Crippen MR) is 117 cm³/mol. The van der Waals surface area contributed by atoms with E-state index in [1.807, 2.05) is 0 Å². The second-order valence-corrected chi connectivity index (χ2v) is 7.67. The summed E-state index contributed by atoms with van der Waals surface area (Å²) >= 11 is 0. The molecule has 1 aliphatic rings. The van der Waals surface area contributed by atoms with E-state index in [4.69, 9.17) is 14.2 Å². The first-order valence-electron chi connectivity index (χ1n) is 11.0. The summed E-state index contributed by atoms with van der Waals surface area (Å²) in [5.41, 5.74) is 2.71. The molecule has 4 nitrogen and oxygen atoms in total. The lowest BCUT2D eigenvalue weighted by molar-refractivity contribution is -0.164. The van der Waals surface area contributed by atoms with Gasteiger partial charge in [-0.25, -0.2) is 0 Å². The van der Waals surface area contributed by atoms with Crippen molar-refractivity contribution in [1.29, 1.82) is 0 Å². The lowest BCUT2D eigenvalue weighted by atomic mass is 10.1. The Morgan fingerprint density at radius 1 is 0.793 bits per heavy atom. The molecule has 0 aliphatic carbocycles. The number of hydrogen-bond acceptors (Lipinski definition) is 4. The van der Waals surface area contributed by atoms with Gasteiger partial charge in [-0.3, -0.25) is 4.90 Å². The lowest BCUT2D eigenvalue weighted by Gasteiger charge is -2.23. The van der Waals surface area contributed by atoms with Crippen LogP contribution in [0.25, 0.3) is 0 Å². The molecule has 1 heterocycles. The highest BCUT2D eigenvalue weighted by Gasteiger charge is 2.13. The topological polar surface area (TPSA) is 30.9 Å². The average Bonchev–Trinajstić information content (AvgIpc) is 2.77. The molecule has 0 bridgehead atoms. The Labute approximate surface area is 175 Å². The number of rotatable bonds is 13. The highest BCUT2D eigenvalue weighted by Crippen LogP contribution is 2.14. The van der Waals surface area contributed by atoms with Crippen LogP contribution in [0, 0.1) is 0 Å². The van der Waals surface area contributed by atoms with Gasteiger partial charge in [-0.1, -0.05) is 60.7 Å². The van der Waals surface area contributed by atoms with Gasteiger partial charge in [0.15, 0.2) is 6.29 Å². The normalized spacial score (nSPS) is 16.9. The van der Waals surface area contributed by atoms with Crippen molar-refractivity contribution < 1.29 is 14.2 Å². The molecule has 0 N–H and O–H groups in total. The third kappa shape index (κ3) is 9.09. The number of hydrogen-bond donors (Lipinski definition) is 0. The Bertz CT molecular complexity index is 602. The highest BCUT2D eigenvalue weighted by molar-refractivity contribution is 5.17. The summed E-state index contributed by atoms with van der Waals surface area (Å²) in [7, 11) is 0. The van der Waals surface area contributed by atoms with Crippen molar-refractivity contribution in [3.8, 4) is 0 Å². The SMILES string of the molecule is c1ccc(CN(CCCOCCCOC2CCCCO2)Cc2ccccc2)cc1. The van der Waals surface area contributed by atoms with Gasteiger partial charge in [-0.15, -0.1) is 0 Å². The lowest BCUT2D eigenvalue weighted by Crippen LogP contribution is -2.25. The fourth-order valence-corrected chi connectivity index (χ4v) is 3.61. The van der Waals surface area contributed by atoms with Gasteiger partial charge in [0.1, 0.15) is 0 Å². The van der Waals surface area contributed by atoms with Crippen LogP contribution in [0.2, 0.25) is 0 Å². The first-order chi connectivity index (χ1) is 14.4. The molecule has 3 rings (SSSR count). The summed E-state index contributed by atoms with van der Waals surface area (Å²) in [6, 6.07) is 21.4. The van der Waals surface area contributed by atoms with Crippen LogP contribution in [0.5, 0.6) is 0 Å². The molecular weight excluding hydrogens is 362 g/mol. The Morgan fingerprint density at radius 2 is 1.45 bits per heavy atom. The molecule has 1 fully saturated rings. The first kappa shape index (κ1) is 22.0. The number of benzene rings is 2. The minimum atomic E-state index is 0.00767. The van der Waals surface area contributed by atoms with Crippen LogP contribution in [0.4, 0.5) is 0 Å². The van der Waals surface area contributed by atoms with Crippen LogP contribution < -0.4 is 0 Å². The van der Waals surface area contributed by atoms with E-state index in [0.717, 1.165) is 71.7 Å². The predicted octanol–water partition coefficient (Wildman–Crippen LogP) is 5.03. The Morgan fingerprint density at radius 3 is 2.07 bits per heavy atom. The van der Waals surface area contributed by atoms with Crippen molar-refractivity contribution in [3.05, 3.63) is 71.8 Å². The molecular formula is C25H35NO3. The highest BCUT2D eigenvalue weighted by atomic mass is 16.7. The van der Waals surface area contributed by atoms with Gasteiger partial charge in [-0.05, 0) is 43.2 Å². The summed E-state index contributed by atoms with van der Waals surface area (Å²) in [6.07, 6.45) is 5.37. The molecule has 1 unspecified atom stereocenters. The Kier molecular flexibility index (Phi) is 10.2. The van der Waals surface area contributed by atoms with Crippen molar-refractivity contribution in [1.82, 2.24) is 4.90 Å². The van der Waals surface area contributed by atoms with Gasteiger partial charge < -0.3 is 14.2 Å². The van der Waals surface area contributed by atoms with Crippen LogP contribution in [0.15, 0.2) is 60.7 Å². The zero-order chi connectivity index (χ0) is 20.0. The van der Waals surface area contributed by atoms with Crippen LogP contribution in [-0.4, -0.2) is 44.2 Å². The first-order valence-corrected chi connectivity index (χ1v) is 11.0. The second kappa shape index (κ2) is 13.5. The summed E-state index contributed by atoms with van der Waals surface area (Å²) in [6.45, 7) is 6.05. The molecule has 4 heteroatoms. The zero-order valence-corrected chi connectivity index (χ0v) is 17.5. The van der Waals surface area contributed by atoms with Crippen LogP contribution >= 0.6 is 0 Å². The molecule has 1 aliphatic heterocycles. The molecule has 0 amide bonds. The molecule has 0 saturated carbocycles. The minimum absolute atomic E-state index is 0.00767. The van der Waals surface area contributed by atoms with Crippen LogP contribution in [-0.2, 0) is 27.3 Å². The molecule has 158 valence electrons. The second-order valence-electron chi connectivity index (χ2n) is 7.67. The molecule has 1 saturated heterocycles. The van der Waals surface area contributed by atoms with E-state index in [9.17, 15) is 0 Å². The number of nitrogens with zero attached hydrogens (tertiary/aromatic N) is 1. The van der Waals surface area contributed by atoms with E-state index in [0.29, 0.717) is 0 Å². The zero-order valence-electron chi connectivity index (χ0n) is 17.5. The van der Waals surface area contributed by atoms with Crippen LogP contribution in [0.1, 0.15) is 43.2 Å². The number of ether oxygens (including phenoxy) is 3. The molecule has 0 aromatic heterocycles. The average molecular weight is 398 g/mol. The molecule has 0 spiro atoms. The Hall–Kier alpha value is -1.72. The molecule has 1 atom stereocenters. The van der Waals surface area contributed by atoms with Crippen molar-refractivity contribution in [2.45, 2.75) is 51.5 Å². The van der Waals surface area contributed by atoms with Crippen molar-refractivity contribution >= 4 is 0 Å². The largest absolute Gasteiger partial charge is 0.381 e. The Balaban J connectivity index is 1.31. The van der Waals surface area contributed by atoms with Gasteiger partial charge in [0, 0.05) is 39.5 Å². The van der Waals surface area contributed by atoms with Crippen molar-refractivity contribution in [2.24, 2.45) is 0 Å². The fraction of sp³-hybridized carbons (Fsp3) is 0.520. The minimum Gasteiger partial charge on any atom is -0.381 e.